The number of amides is 1. The molecular weight excluding hydrogens is 176 g/mol. The monoisotopic (exact) mass is 190 g/mol. The van der Waals surface area contributed by atoms with Gasteiger partial charge in [0.25, 0.3) is 0 Å². The second kappa shape index (κ2) is 5.50. The van der Waals surface area contributed by atoms with Gasteiger partial charge in [0, 0.05) is 12.5 Å². The number of hydrogen-bond acceptors (Lipinski definition) is 4. The van der Waals surface area contributed by atoms with Crippen LogP contribution < -0.4 is 11.1 Å². The molecule has 0 rings (SSSR count). The molecule has 6 heteroatoms. The fourth-order valence-corrected chi connectivity index (χ4v) is 0.731. The second-order valence-corrected chi connectivity index (χ2v) is 2.82. The van der Waals surface area contributed by atoms with E-state index in [1.54, 1.807) is 6.92 Å². The quantitative estimate of drug-likeness (QED) is 0.412. The van der Waals surface area contributed by atoms with Crippen molar-refractivity contribution >= 4 is 11.9 Å². The predicted octanol–water partition coefficient (Wildman–Crippen LogP) is -1.71. The summed E-state index contributed by atoms with van der Waals surface area (Å²) < 4.78 is 0. The van der Waals surface area contributed by atoms with Crippen molar-refractivity contribution in [1.29, 1.82) is 0 Å². The molecule has 0 aliphatic rings. The van der Waals surface area contributed by atoms with Crippen molar-refractivity contribution in [3.05, 3.63) is 0 Å². The van der Waals surface area contributed by atoms with E-state index in [4.69, 9.17) is 15.9 Å². The molecule has 13 heavy (non-hydrogen) atoms. The van der Waals surface area contributed by atoms with Crippen LogP contribution in [0.4, 0.5) is 0 Å². The summed E-state index contributed by atoms with van der Waals surface area (Å²) in [6.07, 6.45) is 0.0454. The number of carbonyl (C=O) groups is 2. The Balaban J connectivity index is 3.94. The first-order chi connectivity index (χ1) is 5.97. The minimum Gasteiger partial charge on any atom is -0.480 e. The van der Waals surface area contributed by atoms with Crippen molar-refractivity contribution in [1.82, 2.24) is 5.32 Å². The molecule has 0 aromatic carbocycles. The molecule has 0 saturated heterocycles. The summed E-state index contributed by atoms with van der Waals surface area (Å²) >= 11 is 0. The fourth-order valence-electron chi connectivity index (χ4n) is 0.731. The van der Waals surface area contributed by atoms with Gasteiger partial charge in [0.2, 0.25) is 5.91 Å². The van der Waals surface area contributed by atoms with Crippen LogP contribution in [-0.4, -0.2) is 40.8 Å². The zero-order valence-corrected chi connectivity index (χ0v) is 7.36. The molecule has 0 saturated carbocycles. The zero-order chi connectivity index (χ0) is 10.4. The molecule has 1 amide bonds. The van der Waals surface area contributed by atoms with Crippen LogP contribution in [0.15, 0.2) is 0 Å². The van der Waals surface area contributed by atoms with Gasteiger partial charge >= 0.3 is 5.97 Å². The van der Waals surface area contributed by atoms with Gasteiger partial charge in [0.1, 0.15) is 6.04 Å². The van der Waals surface area contributed by atoms with Crippen molar-refractivity contribution < 1.29 is 19.8 Å². The summed E-state index contributed by atoms with van der Waals surface area (Å²) in [5.74, 6) is -1.74. The van der Waals surface area contributed by atoms with Gasteiger partial charge in [0.15, 0.2) is 0 Å². The van der Waals surface area contributed by atoms with E-state index in [1.165, 1.54) is 0 Å². The van der Waals surface area contributed by atoms with Gasteiger partial charge in [0.05, 0.1) is 6.61 Å². The molecule has 6 nitrogen and oxygen atoms in total. The maximum Gasteiger partial charge on any atom is 0.328 e. The van der Waals surface area contributed by atoms with Gasteiger partial charge in [-0.3, -0.25) is 4.79 Å². The molecule has 76 valence electrons. The molecule has 0 spiro atoms. The van der Waals surface area contributed by atoms with Gasteiger partial charge in [-0.1, -0.05) is 0 Å². The topological polar surface area (TPSA) is 113 Å². The Morgan fingerprint density at radius 3 is 2.38 bits per heavy atom. The lowest BCUT2D eigenvalue weighted by atomic mass is 10.2. The lowest BCUT2D eigenvalue weighted by molar-refractivity contribution is -0.143. The molecule has 0 aliphatic carbocycles. The summed E-state index contributed by atoms with van der Waals surface area (Å²) in [4.78, 5) is 21.3. The second-order valence-electron chi connectivity index (χ2n) is 2.82. The van der Waals surface area contributed by atoms with Crippen LogP contribution in [0.5, 0.6) is 0 Å². The molecule has 5 N–H and O–H groups in total. The van der Waals surface area contributed by atoms with Crippen LogP contribution in [0.2, 0.25) is 0 Å². The number of aliphatic hydroxyl groups is 1. The SMILES string of the molecule is CC(N)CC(=O)N[C@H](CO)C(=O)O. The zero-order valence-electron chi connectivity index (χ0n) is 7.36. The largest absolute Gasteiger partial charge is 0.480 e. The van der Waals surface area contributed by atoms with Crippen molar-refractivity contribution in [2.24, 2.45) is 5.73 Å². The average molecular weight is 190 g/mol. The summed E-state index contributed by atoms with van der Waals surface area (Å²) in [6.45, 7) is 1.01. The third kappa shape index (κ3) is 5.15. The number of carbonyl (C=O) groups excluding carboxylic acids is 1. The molecule has 0 aromatic heterocycles. The van der Waals surface area contributed by atoms with Gasteiger partial charge < -0.3 is 21.3 Å². The first-order valence-corrected chi connectivity index (χ1v) is 3.86. The molecule has 2 atom stereocenters. The number of nitrogens with two attached hydrogens (primary N) is 1. The number of hydrogen-bond donors (Lipinski definition) is 4. The van der Waals surface area contributed by atoms with Crippen LogP contribution in [0.1, 0.15) is 13.3 Å². The van der Waals surface area contributed by atoms with Gasteiger partial charge in [-0.05, 0) is 6.92 Å². The number of nitrogens with one attached hydrogen (secondary N) is 1. The van der Waals surface area contributed by atoms with Crippen LogP contribution in [0.25, 0.3) is 0 Å². The van der Waals surface area contributed by atoms with E-state index >= 15 is 0 Å². The number of aliphatic hydroxyl groups excluding tert-OH is 1. The van der Waals surface area contributed by atoms with E-state index in [1.807, 2.05) is 0 Å². The summed E-state index contributed by atoms with van der Waals surface area (Å²) in [5.41, 5.74) is 5.32. The first-order valence-electron chi connectivity index (χ1n) is 3.86. The van der Waals surface area contributed by atoms with Gasteiger partial charge in [-0.15, -0.1) is 0 Å². The number of carboxylic acid groups (broad SMARTS) is 1. The van der Waals surface area contributed by atoms with E-state index in [9.17, 15) is 9.59 Å². The molecule has 0 bridgehead atoms. The highest BCUT2D eigenvalue weighted by Gasteiger charge is 2.18. The summed E-state index contributed by atoms with van der Waals surface area (Å²) in [7, 11) is 0. The van der Waals surface area contributed by atoms with Crippen LogP contribution in [-0.2, 0) is 9.59 Å². The maximum atomic E-state index is 11.0. The van der Waals surface area contributed by atoms with Crippen LogP contribution in [0.3, 0.4) is 0 Å². The third-order valence-electron chi connectivity index (χ3n) is 1.32. The molecule has 0 heterocycles. The van der Waals surface area contributed by atoms with Crippen LogP contribution >= 0.6 is 0 Å². The smallest absolute Gasteiger partial charge is 0.328 e. The molecule has 0 fully saturated rings. The lowest BCUT2D eigenvalue weighted by Crippen LogP contribution is -2.44. The molecule has 0 aliphatic heterocycles. The van der Waals surface area contributed by atoms with E-state index in [0.29, 0.717) is 0 Å². The van der Waals surface area contributed by atoms with E-state index in [2.05, 4.69) is 5.32 Å². The van der Waals surface area contributed by atoms with Gasteiger partial charge in [-0.25, -0.2) is 4.79 Å². The Kier molecular flexibility index (Phi) is 5.01. The molecule has 0 radical (unpaired) electrons. The van der Waals surface area contributed by atoms with E-state index in [0.717, 1.165) is 0 Å². The fraction of sp³-hybridized carbons (Fsp3) is 0.714. The Bertz CT molecular complexity index is 193. The van der Waals surface area contributed by atoms with E-state index in [-0.39, 0.29) is 12.5 Å². The first kappa shape index (κ1) is 11.9. The third-order valence-corrected chi connectivity index (χ3v) is 1.32. The number of rotatable bonds is 5. The Labute approximate surface area is 75.7 Å². The maximum absolute atomic E-state index is 11.0. The number of carboxylic acids is 1. The minimum absolute atomic E-state index is 0.0454. The predicted molar refractivity (Wildman–Crippen MR) is 44.9 cm³/mol. The van der Waals surface area contributed by atoms with Crippen molar-refractivity contribution in [2.45, 2.75) is 25.4 Å². The molecule has 0 aromatic rings. The standard InChI is InChI=1S/C7H14N2O4/c1-4(8)2-6(11)9-5(3-10)7(12)13/h4-5,10H,2-3,8H2,1H3,(H,9,11)(H,12,13)/t4?,5-/m1/s1. The summed E-state index contributed by atoms with van der Waals surface area (Å²) in [5, 5.41) is 19.1. The Morgan fingerprint density at radius 2 is 2.08 bits per heavy atom. The van der Waals surface area contributed by atoms with Crippen molar-refractivity contribution in [3.8, 4) is 0 Å². The lowest BCUT2D eigenvalue weighted by Gasteiger charge is -2.12. The highest BCUT2D eigenvalue weighted by atomic mass is 16.4. The van der Waals surface area contributed by atoms with Gasteiger partial charge in [-0.2, -0.15) is 0 Å². The van der Waals surface area contributed by atoms with Crippen molar-refractivity contribution in [2.75, 3.05) is 6.61 Å². The van der Waals surface area contributed by atoms with Crippen LogP contribution in [0, 0.1) is 0 Å². The molecular formula is C7H14N2O4. The highest BCUT2D eigenvalue weighted by molar-refractivity contribution is 5.83. The Morgan fingerprint density at radius 1 is 1.54 bits per heavy atom. The van der Waals surface area contributed by atoms with Crippen molar-refractivity contribution in [3.63, 3.8) is 0 Å². The average Bonchev–Trinajstić information content (AvgIpc) is 1.98. The minimum atomic E-state index is -1.26. The highest BCUT2D eigenvalue weighted by Crippen LogP contribution is 1.89. The summed E-state index contributed by atoms with van der Waals surface area (Å²) in [6, 6.07) is -1.57. The van der Waals surface area contributed by atoms with E-state index < -0.39 is 24.5 Å². The molecule has 1 unspecified atom stereocenters. The Hall–Kier alpha value is -1.14. The normalized spacial score (nSPS) is 14.7. The number of aliphatic carboxylic acids is 1.